The SMILES string of the molecule is CC[C@@H](O)C1=C([C@H](C)N(C)C)C=CC1. The summed E-state index contributed by atoms with van der Waals surface area (Å²) in [5.74, 6) is 0. The zero-order chi connectivity index (χ0) is 10.7. The van der Waals surface area contributed by atoms with E-state index in [1.54, 1.807) is 0 Å². The summed E-state index contributed by atoms with van der Waals surface area (Å²) in [7, 11) is 4.14. The van der Waals surface area contributed by atoms with Crippen molar-refractivity contribution >= 4 is 0 Å². The zero-order valence-corrected chi connectivity index (χ0v) is 9.62. The molecule has 0 saturated carbocycles. The first-order valence-corrected chi connectivity index (χ1v) is 5.31. The summed E-state index contributed by atoms with van der Waals surface area (Å²) < 4.78 is 0. The highest BCUT2D eigenvalue weighted by molar-refractivity contribution is 5.39. The van der Waals surface area contributed by atoms with Crippen molar-refractivity contribution in [2.75, 3.05) is 14.1 Å². The largest absolute Gasteiger partial charge is 0.389 e. The van der Waals surface area contributed by atoms with Gasteiger partial charge in [0.25, 0.3) is 0 Å². The maximum Gasteiger partial charge on any atom is 0.0756 e. The number of hydrogen-bond acceptors (Lipinski definition) is 2. The molecule has 1 N–H and O–H groups in total. The van der Waals surface area contributed by atoms with Crippen molar-refractivity contribution in [3.63, 3.8) is 0 Å². The number of rotatable bonds is 4. The first-order chi connectivity index (χ1) is 6.57. The van der Waals surface area contributed by atoms with Gasteiger partial charge < -0.3 is 10.0 Å². The number of allylic oxidation sites excluding steroid dienone is 1. The highest BCUT2D eigenvalue weighted by atomic mass is 16.3. The van der Waals surface area contributed by atoms with Gasteiger partial charge in [0.15, 0.2) is 0 Å². The molecule has 0 saturated heterocycles. The van der Waals surface area contributed by atoms with Crippen LogP contribution in [0.2, 0.25) is 0 Å². The van der Waals surface area contributed by atoms with Gasteiger partial charge in [0.05, 0.1) is 6.10 Å². The molecule has 2 atom stereocenters. The molecule has 0 aromatic carbocycles. The highest BCUT2D eigenvalue weighted by Crippen LogP contribution is 2.27. The molecule has 0 fully saturated rings. The lowest BCUT2D eigenvalue weighted by atomic mass is 9.98. The fourth-order valence-electron chi connectivity index (χ4n) is 1.80. The van der Waals surface area contributed by atoms with E-state index in [-0.39, 0.29) is 6.10 Å². The van der Waals surface area contributed by atoms with Gasteiger partial charge in [-0.05, 0) is 45.0 Å². The molecular formula is C12H21NO. The van der Waals surface area contributed by atoms with Crippen molar-refractivity contribution in [3.8, 4) is 0 Å². The van der Waals surface area contributed by atoms with E-state index < -0.39 is 0 Å². The van der Waals surface area contributed by atoms with Gasteiger partial charge in [0, 0.05) is 6.04 Å². The van der Waals surface area contributed by atoms with Crippen molar-refractivity contribution < 1.29 is 5.11 Å². The van der Waals surface area contributed by atoms with Crippen molar-refractivity contribution in [2.24, 2.45) is 0 Å². The van der Waals surface area contributed by atoms with Gasteiger partial charge in [-0.15, -0.1) is 0 Å². The molecule has 14 heavy (non-hydrogen) atoms. The first-order valence-electron chi connectivity index (χ1n) is 5.31. The molecule has 1 rings (SSSR count). The van der Waals surface area contributed by atoms with Crippen molar-refractivity contribution in [3.05, 3.63) is 23.3 Å². The monoisotopic (exact) mass is 195 g/mol. The third-order valence-corrected chi connectivity index (χ3v) is 3.02. The lowest BCUT2D eigenvalue weighted by Crippen LogP contribution is -2.27. The van der Waals surface area contributed by atoms with Gasteiger partial charge >= 0.3 is 0 Å². The summed E-state index contributed by atoms with van der Waals surface area (Å²) in [6.07, 6.45) is 5.76. The van der Waals surface area contributed by atoms with Crippen LogP contribution in [0.5, 0.6) is 0 Å². The molecule has 0 heterocycles. The summed E-state index contributed by atoms with van der Waals surface area (Å²) in [6, 6.07) is 0.393. The predicted octanol–water partition coefficient (Wildman–Crippen LogP) is 1.96. The van der Waals surface area contributed by atoms with Crippen LogP contribution in [0.25, 0.3) is 0 Å². The molecule has 0 unspecified atom stereocenters. The molecule has 0 bridgehead atoms. The topological polar surface area (TPSA) is 23.5 Å². The fraction of sp³-hybridized carbons (Fsp3) is 0.667. The summed E-state index contributed by atoms with van der Waals surface area (Å²) >= 11 is 0. The molecule has 0 radical (unpaired) electrons. The van der Waals surface area contributed by atoms with Crippen LogP contribution in [0.3, 0.4) is 0 Å². The van der Waals surface area contributed by atoms with Crippen LogP contribution in [-0.4, -0.2) is 36.2 Å². The van der Waals surface area contributed by atoms with Crippen LogP contribution >= 0.6 is 0 Å². The highest BCUT2D eigenvalue weighted by Gasteiger charge is 2.20. The van der Waals surface area contributed by atoms with Crippen molar-refractivity contribution in [1.29, 1.82) is 0 Å². The summed E-state index contributed by atoms with van der Waals surface area (Å²) in [5, 5.41) is 9.84. The molecule has 1 aliphatic rings. The smallest absolute Gasteiger partial charge is 0.0756 e. The van der Waals surface area contributed by atoms with E-state index >= 15 is 0 Å². The van der Waals surface area contributed by atoms with E-state index in [9.17, 15) is 5.11 Å². The minimum absolute atomic E-state index is 0.262. The lowest BCUT2D eigenvalue weighted by molar-refractivity contribution is 0.202. The second-order valence-corrected chi connectivity index (χ2v) is 4.15. The molecule has 2 nitrogen and oxygen atoms in total. The van der Waals surface area contributed by atoms with E-state index in [1.807, 2.05) is 6.92 Å². The molecule has 80 valence electrons. The average molecular weight is 195 g/mol. The minimum Gasteiger partial charge on any atom is -0.389 e. The minimum atomic E-state index is -0.262. The van der Waals surface area contributed by atoms with E-state index in [4.69, 9.17) is 0 Å². The Bertz CT molecular complexity index is 253. The second kappa shape index (κ2) is 4.76. The molecule has 0 aromatic rings. The molecule has 1 aliphatic carbocycles. The normalized spacial score (nSPS) is 20.7. The Hall–Kier alpha value is -0.600. The van der Waals surface area contributed by atoms with Crippen LogP contribution in [0.4, 0.5) is 0 Å². The Kier molecular flexibility index (Phi) is 3.90. The Morgan fingerprint density at radius 3 is 2.64 bits per heavy atom. The van der Waals surface area contributed by atoms with Gasteiger partial charge in [-0.1, -0.05) is 19.1 Å². The molecule has 0 amide bonds. The molecule has 0 spiro atoms. The summed E-state index contributed by atoms with van der Waals surface area (Å²) in [6.45, 7) is 4.20. The van der Waals surface area contributed by atoms with Gasteiger partial charge in [0.2, 0.25) is 0 Å². The van der Waals surface area contributed by atoms with Crippen molar-refractivity contribution in [1.82, 2.24) is 4.90 Å². The van der Waals surface area contributed by atoms with Gasteiger partial charge in [-0.25, -0.2) is 0 Å². The number of likely N-dealkylation sites (N-methyl/N-ethyl adjacent to an activating group) is 1. The quantitative estimate of drug-likeness (QED) is 0.741. The van der Waals surface area contributed by atoms with Gasteiger partial charge in [0.1, 0.15) is 0 Å². The maximum absolute atomic E-state index is 9.84. The standard InChI is InChI=1S/C12H21NO/c1-5-12(14)11-8-6-7-10(11)9(2)13(3)4/h6-7,9,12,14H,5,8H2,1-4H3/t9-,12+/m0/s1. The summed E-state index contributed by atoms with van der Waals surface area (Å²) in [4.78, 5) is 2.17. The number of aliphatic hydroxyl groups excluding tert-OH is 1. The van der Waals surface area contributed by atoms with Crippen LogP contribution in [-0.2, 0) is 0 Å². The molecular weight excluding hydrogens is 174 g/mol. The maximum atomic E-state index is 9.84. The van der Waals surface area contributed by atoms with E-state index in [0.29, 0.717) is 6.04 Å². The molecule has 2 heteroatoms. The third-order valence-electron chi connectivity index (χ3n) is 3.02. The van der Waals surface area contributed by atoms with Crippen molar-refractivity contribution in [2.45, 2.75) is 38.8 Å². The Morgan fingerprint density at radius 1 is 1.50 bits per heavy atom. The number of hydrogen-bond donors (Lipinski definition) is 1. The Labute approximate surface area is 86.9 Å². The van der Waals surface area contributed by atoms with E-state index in [2.05, 4.69) is 38.1 Å². The predicted molar refractivity (Wildman–Crippen MR) is 60.2 cm³/mol. The Morgan fingerprint density at radius 2 is 2.14 bits per heavy atom. The molecule has 0 aliphatic heterocycles. The van der Waals surface area contributed by atoms with E-state index in [0.717, 1.165) is 12.8 Å². The van der Waals surface area contributed by atoms with Crippen LogP contribution in [0, 0.1) is 0 Å². The fourth-order valence-corrected chi connectivity index (χ4v) is 1.80. The van der Waals surface area contributed by atoms with E-state index in [1.165, 1.54) is 11.1 Å². The summed E-state index contributed by atoms with van der Waals surface area (Å²) in [5.41, 5.74) is 2.50. The average Bonchev–Trinajstić information content (AvgIpc) is 2.63. The van der Waals surface area contributed by atoms with Crippen LogP contribution < -0.4 is 0 Å². The van der Waals surface area contributed by atoms with Gasteiger partial charge in [-0.3, -0.25) is 0 Å². The Balaban J connectivity index is 2.86. The second-order valence-electron chi connectivity index (χ2n) is 4.15. The third kappa shape index (κ3) is 2.25. The van der Waals surface area contributed by atoms with Gasteiger partial charge in [-0.2, -0.15) is 0 Å². The number of nitrogens with zero attached hydrogens (tertiary/aromatic N) is 1. The van der Waals surface area contributed by atoms with Crippen LogP contribution in [0.15, 0.2) is 23.3 Å². The lowest BCUT2D eigenvalue weighted by Gasteiger charge is -2.23. The first kappa shape index (κ1) is 11.5. The number of aliphatic hydroxyl groups is 1. The zero-order valence-electron chi connectivity index (χ0n) is 9.62. The molecule has 0 aromatic heterocycles. The van der Waals surface area contributed by atoms with Crippen LogP contribution in [0.1, 0.15) is 26.7 Å².